The Balaban J connectivity index is 0. The minimum atomic E-state index is 0. The van der Waals surface area contributed by atoms with Crippen LogP contribution in [-0.4, -0.2) is 25.5 Å². The average Bonchev–Trinajstić information content (AvgIpc) is 2.54. The molecule has 0 aliphatic heterocycles. The molecule has 0 N–H and O–H groups in total. The quantitative estimate of drug-likeness (QED) is 0.423. The number of rotatable bonds is 3. The van der Waals surface area contributed by atoms with E-state index in [4.69, 9.17) is 0 Å². The molecule has 1 aromatic rings. The molecule has 4 heteroatoms. The van der Waals surface area contributed by atoms with E-state index in [-0.39, 0.29) is 46.5 Å². The van der Waals surface area contributed by atoms with Crippen molar-refractivity contribution < 1.29 is 46.5 Å². The van der Waals surface area contributed by atoms with Gasteiger partial charge in [0.25, 0.3) is 0 Å². The van der Waals surface area contributed by atoms with Crippen LogP contribution >= 0.6 is 0 Å². The summed E-state index contributed by atoms with van der Waals surface area (Å²) in [5, 5.41) is 0. The summed E-state index contributed by atoms with van der Waals surface area (Å²) in [7, 11) is 4.24. The molecule has 0 bridgehead atoms. The van der Waals surface area contributed by atoms with Crippen LogP contribution in [0.2, 0.25) is 0 Å². The predicted molar refractivity (Wildman–Crippen MR) is 64.7 cm³/mol. The number of halogens is 2. The van der Waals surface area contributed by atoms with Crippen LogP contribution < -0.4 is 24.8 Å². The van der Waals surface area contributed by atoms with Crippen LogP contribution in [0.3, 0.4) is 0 Å². The molecule has 0 spiro atoms. The van der Waals surface area contributed by atoms with Crippen LogP contribution in [0.25, 0.3) is 5.57 Å². The zero-order valence-electron chi connectivity index (χ0n) is 11.0. The summed E-state index contributed by atoms with van der Waals surface area (Å²) in [5.74, 6) is 0.503. The van der Waals surface area contributed by atoms with Crippen molar-refractivity contribution in [3.05, 3.63) is 41.5 Å². The first-order chi connectivity index (χ1) is 7.18. The van der Waals surface area contributed by atoms with E-state index in [1.807, 2.05) is 0 Å². The van der Waals surface area contributed by atoms with Crippen molar-refractivity contribution in [3.63, 3.8) is 0 Å². The molecule has 0 heterocycles. The van der Waals surface area contributed by atoms with Gasteiger partial charge in [0.1, 0.15) is 0 Å². The average molecular weight is 319 g/mol. The zero-order valence-corrected chi connectivity index (χ0v) is 14.1. The SMILES string of the molecule is CC1=[C-]C(CCN(C)C)c2ccccc21.[Cl-].[Cl-].[Ti+3]. The Morgan fingerprint density at radius 1 is 1.17 bits per heavy atom. The Labute approximate surface area is 138 Å². The van der Waals surface area contributed by atoms with E-state index in [0.29, 0.717) is 5.92 Å². The molecule has 0 fully saturated rings. The Hall–Kier alpha value is 0.214. The van der Waals surface area contributed by atoms with Crippen molar-refractivity contribution in [2.24, 2.45) is 0 Å². The summed E-state index contributed by atoms with van der Waals surface area (Å²) >= 11 is 0. The Morgan fingerprint density at radius 3 is 2.39 bits per heavy atom. The molecule has 2 rings (SSSR count). The molecule has 1 unspecified atom stereocenters. The molecule has 0 aromatic heterocycles. The fourth-order valence-electron chi connectivity index (χ4n) is 2.17. The number of hydrogen-bond acceptors (Lipinski definition) is 1. The smallest absolute Gasteiger partial charge is 1.00 e. The standard InChI is InChI=1S/C14H18N.2ClH.Ti/c1-11-10-12(8-9-15(2)3)14-7-5-4-6-13(11)14;;;/h4-7,12H,8-9H2,1-3H3;2*1H;/q-1;;;+3/p-2. The van der Waals surface area contributed by atoms with E-state index in [9.17, 15) is 0 Å². The third kappa shape index (κ3) is 4.71. The maximum Gasteiger partial charge on any atom is 3.00 e. The largest absolute Gasteiger partial charge is 3.00 e. The second-order valence-corrected chi connectivity index (χ2v) is 4.50. The minimum absolute atomic E-state index is 0. The van der Waals surface area contributed by atoms with Crippen LogP contribution in [0.1, 0.15) is 30.4 Å². The van der Waals surface area contributed by atoms with Crippen molar-refractivity contribution in [2.75, 3.05) is 20.6 Å². The first-order valence-electron chi connectivity index (χ1n) is 5.52. The minimum Gasteiger partial charge on any atom is -1.00 e. The Bertz CT molecular complexity index is 391. The van der Waals surface area contributed by atoms with Gasteiger partial charge in [0, 0.05) is 0 Å². The van der Waals surface area contributed by atoms with Crippen molar-refractivity contribution in [1.29, 1.82) is 0 Å². The fraction of sp³-hybridized carbons (Fsp3) is 0.429. The van der Waals surface area contributed by atoms with E-state index in [0.717, 1.165) is 6.54 Å². The molecule has 97 valence electrons. The summed E-state index contributed by atoms with van der Waals surface area (Å²) in [4.78, 5) is 2.23. The van der Waals surface area contributed by atoms with Gasteiger partial charge in [0.05, 0.1) is 0 Å². The van der Waals surface area contributed by atoms with Crippen LogP contribution in [-0.2, 0) is 21.7 Å². The monoisotopic (exact) mass is 318 g/mol. The maximum absolute atomic E-state index is 3.56. The molecule has 0 saturated carbocycles. The Kier molecular flexibility index (Phi) is 10.5. The van der Waals surface area contributed by atoms with Gasteiger partial charge in [-0.15, -0.1) is 11.6 Å². The van der Waals surface area contributed by atoms with E-state index in [1.54, 1.807) is 0 Å². The first kappa shape index (κ1) is 20.5. The molecule has 18 heavy (non-hydrogen) atoms. The van der Waals surface area contributed by atoms with Crippen molar-refractivity contribution in [1.82, 2.24) is 4.90 Å². The van der Waals surface area contributed by atoms with Crippen LogP contribution in [0.4, 0.5) is 0 Å². The molecule has 0 saturated heterocycles. The number of hydrogen-bond donors (Lipinski definition) is 0. The predicted octanol–water partition coefficient (Wildman–Crippen LogP) is -3.05. The van der Waals surface area contributed by atoms with Crippen LogP contribution in [0.5, 0.6) is 0 Å². The van der Waals surface area contributed by atoms with Crippen LogP contribution in [0, 0.1) is 6.08 Å². The van der Waals surface area contributed by atoms with E-state index >= 15 is 0 Å². The maximum atomic E-state index is 3.56. The van der Waals surface area contributed by atoms with Gasteiger partial charge in [-0.1, -0.05) is 31.0 Å². The Morgan fingerprint density at radius 2 is 1.78 bits per heavy atom. The molecule has 1 radical (unpaired) electrons. The van der Waals surface area contributed by atoms with E-state index in [1.165, 1.54) is 23.1 Å². The van der Waals surface area contributed by atoms with Crippen molar-refractivity contribution in [2.45, 2.75) is 19.3 Å². The molecule has 1 atom stereocenters. The van der Waals surface area contributed by atoms with Gasteiger partial charge >= 0.3 is 21.7 Å². The third-order valence-electron chi connectivity index (χ3n) is 3.00. The number of allylic oxidation sites excluding steroid dienone is 2. The van der Waals surface area contributed by atoms with Crippen LogP contribution in [0.15, 0.2) is 24.3 Å². The topological polar surface area (TPSA) is 3.24 Å². The van der Waals surface area contributed by atoms with Crippen molar-refractivity contribution >= 4 is 5.57 Å². The first-order valence-corrected chi connectivity index (χ1v) is 5.52. The second-order valence-electron chi connectivity index (χ2n) is 4.50. The molecule has 0 amide bonds. The summed E-state index contributed by atoms with van der Waals surface area (Å²) < 4.78 is 0. The summed E-state index contributed by atoms with van der Waals surface area (Å²) in [5.41, 5.74) is 4.16. The van der Waals surface area contributed by atoms with Gasteiger partial charge in [0.2, 0.25) is 0 Å². The second kappa shape index (κ2) is 9.17. The van der Waals surface area contributed by atoms with E-state index < -0.39 is 0 Å². The molecule has 1 nitrogen and oxygen atoms in total. The number of nitrogens with zero attached hydrogens (tertiary/aromatic N) is 1. The molecule has 1 aromatic carbocycles. The third-order valence-corrected chi connectivity index (χ3v) is 3.00. The van der Waals surface area contributed by atoms with Crippen molar-refractivity contribution in [3.8, 4) is 0 Å². The normalized spacial score (nSPS) is 16.0. The molecule has 1 aliphatic rings. The summed E-state index contributed by atoms with van der Waals surface area (Å²) in [6.45, 7) is 3.29. The summed E-state index contributed by atoms with van der Waals surface area (Å²) in [6.07, 6.45) is 4.73. The van der Waals surface area contributed by atoms with Gasteiger partial charge in [-0.3, -0.25) is 6.08 Å². The number of benzene rings is 1. The van der Waals surface area contributed by atoms with Gasteiger partial charge < -0.3 is 29.7 Å². The van der Waals surface area contributed by atoms with E-state index in [2.05, 4.69) is 56.3 Å². The van der Waals surface area contributed by atoms with Gasteiger partial charge in [0.15, 0.2) is 0 Å². The van der Waals surface area contributed by atoms with Gasteiger partial charge in [-0.05, 0) is 27.1 Å². The molecule has 1 aliphatic carbocycles. The van der Waals surface area contributed by atoms with Gasteiger partial charge in [-0.25, -0.2) is 5.57 Å². The molecular weight excluding hydrogens is 301 g/mol. The summed E-state index contributed by atoms with van der Waals surface area (Å²) in [6, 6.07) is 8.67. The fourth-order valence-corrected chi connectivity index (χ4v) is 2.17. The number of fused-ring (bicyclic) bond motifs is 1. The van der Waals surface area contributed by atoms with Gasteiger partial charge in [-0.2, -0.15) is 5.56 Å². The zero-order chi connectivity index (χ0) is 10.8. The molecular formula is C14H18Cl2NTi.